The Labute approximate surface area is 549 Å². The first-order valence-corrected chi connectivity index (χ1v) is 40.0. The highest BCUT2D eigenvalue weighted by atomic mass is 31.2. The van der Waals surface area contributed by atoms with Crippen molar-refractivity contribution in [3.05, 3.63) is 0 Å². The highest BCUT2D eigenvalue weighted by Gasteiger charge is 2.30. The van der Waals surface area contributed by atoms with Crippen molar-refractivity contribution in [2.45, 2.75) is 381 Å². The Kier molecular flexibility index (Phi) is 61.8. The summed E-state index contributed by atoms with van der Waals surface area (Å²) in [5.74, 6) is -0.692. The summed E-state index contributed by atoms with van der Waals surface area (Å²) in [6.45, 7) is 9.42. The highest BCUT2D eigenvalue weighted by molar-refractivity contribution is 7.47. The van der Waals surface area contributed by atoms with Crippen LogP contribution in [-0.4, -0.2) is 96.7 Å². The van der Waals surface area contributed by atoms with Gasteiger partial charge in [-0.05, 0) is 37.5 Å². The number of aliphatic hydroxyl groups excluding tert-OH is 1. The number of aliphatic hydroxyl groups is 1. The second-order valence-corrected chi connectivity index (χ2v) is 29.5. The van der Waals surface area contributed by atoms with Gasteiger partial charge in [-0.1, -0.05) is 311 Å². The van der Waals surface area contributed by atoms with E-state index in [4.69, 9.17) is 37.0 Å². The quantitative estimate of drug-likeness (QED) is 0.0222. The number of carbonyl (C=O) groups excluding carboxylic acids is 4. The molecule has 0 fully saturated rings. The molecule has 17 nitrogen and oxygen atoms in total. The predicted octanol–water partition coefficient (Wildman–Crippen LogP) is 20.4. The van der Waals surface area contributed by atoms with Crippen LogP contribution in [0.15, 0.2) is 0 Å². The van der Waals surface area contributed by atoms with E-state index in [9.17, 15) is 43.2 Å². The second kappa shape index (κ2) is 63.1. The molecule has 0 aromatic carbocycles. The molecule has 0 aliphatic heterocycles. The van der Waals surface area contributed by atoms with E-state index >= 15 is 0 Å². The third-order valence-corrected chi connectivity index (χ3v) is 18.4. The Morgan fingerprint density at radius 2 is 0.511 bits per heavy atom. The van der Waals surface area contributed by atoms with Crippen LogP contribution in [0.25, 0.3) is 0 Å². The number of unbranched alkanes of at least 4 members (excludes halogenated alkanes) is 40. The molecule has 19 heteroatoms. The third-order valence-electron chi connectivity index (χ3n) is 16.5. The SMILES string of the molecule is CCCCCCCCCCCCCCCCCCCCCCC(=O)O[C@H](COC(=O)CCCCCCCCCCCCCC(C)C)COP(=O)(O)OC[C@@H](O)COP(=O)(O)OC[C@@H](COC(=O)CCCCCCCCC)OC(=O)CCCCCCCCC(C)C. The van der Waals surface area contributed by atoms with Crippen molar-refractivity contribution >= 4 is 39.5 Å². The van der Waals surface area contributed by atoms with Gasteiger partial charge in [0.1, 0.15) is 19.3 Å². The van der Waals surface area contributed by atoms with Gasteiger partial charge in [0.2, 0.25) is 0 Å². The lowest BCUT2D eigenvalue weighted by atomic mass is 10.0. The molecule has 0 spiro atoms. The number of rotatable bonds is 70. The molecule has 0 amide bonds. The molecule has 0 radical (unpaired) electrons. The smallest absolute Gasteiger partial charge is 0.462 e. The van der Waals surface area contributed by atoms with E-state index < -0.39 is 97.5 Å². The van der Waals surface area contributed by atoms with E-state index in [1.807, 2.05) is 0 Å². The Bertz CT molecular complexity index is 1750. The first-order chi connectivity index (χ1) is 43.4. The van der Waals surface area contributed by atoms with E-state index in [1.54, 1.807) is 0 Å². The van der Waals surface area contributed by atoms with Gasteiger partial charge >= 0.3 is 39.5 Å². The zero-order valence-electron chi connectivity index (χ0n) is 58.4. The molecule has 3 N–H and O–H groups in total. The normalized spacial score (nSPS) is 14.1. The zero-order chi connectivity index (χ0) is 66.5. The molecular weight excluding hydrogens is 1190 g/mol. The summed E-state index contributed by atoms with van der Waals surface area (Å²) in [5, 5.41) is 10.6. The monoisotopic (exact) mass is 1320 g/mol. The highest BCUT2D eigenvalue weighted by Crippen LogP contribution is 2.45. The average Bonchev–Trinajstić information content (AvgIpc) is 3.07. The maximum absolute atomic E-state index is 13.0. The van der Waals surface area contributed by atoms with Crippen LogP contribution in [0.3, 0.4) is 0 Å². The van der Waals surface area contributed by atoms with Gasteiger partial charge in [0.15, 0.2) is 12.2 Å². The number of carbonyl (C=O) groups is 4. The Balaban J connectivity index is 5.16. The molecule has 90 heavy (non-hydrogen) atoms. The fourth-order valence-corrected chi connectivity index (χ4v) is 12.3. The number of hydrogen-bond acceptors (Lipinski definition) is 15. The van der Waals surface area contributed by atoms with Gasteiger partial charge in [-0.3, -0.25) is 37.3 Å². The van der Waals surface area contributed by atoms with Gasteiger partial charge in [0.05, 0.1) is 26.4 Å². The van der Waals surface area contributed by atoms with Crippen molar-refractivity contribution in [2.24, 2.45) is 11.8 Å². The van der Waals surface area contributed by atoms with Crippen molar-refractivity contribution in [1.82, 2.24) is 0 Å². The molecule has 5 atom stereocenters. The van der Waals surface area contributed by atoms with Gasteiger partial charge in [0.25, 0.3) is 0 Å². The lowest BCUT2D eigenvalue weighted by Crippen LogP contribution is -2.30. The molecule has 0 bridgehead atoms. The average molecular weight is 1330 g/mol. The van der Waals surface area contributed by atoms with Crippen molar-refractivity contribution in [2.75, 3.05) is 39.6 Å². The summed E-state index contributed by atoms with van der Waals surface area (Å²) in [7, 11) is -9.89. The van der Waals surface area contributed by atoms with Gasteiger partial charge in [-0.15, -0.1) is 0 Å². The maximum Gasteiger partial charge on any atom is 0.472 e. The van der Waals surface area contributed by atoms with E-state index in [0.717, 1.165) is 109 Å². The van der Waals surface area contributed by atoms with Crippen molar-refractivity contribution in [3.8, 4) is 0 Å². The summed E-state index contributed by atoms with van der Waals surface area (Å²) in [6.07, 6.45) is 49.0. The summed E-state index contributed by atoms with van der Waals surface area (Å²) in [6, 6.07) is 0. The third kappa shape index (κ3) is 64.8. The molecule has 0 aliphatic rings. The van der Waals surface area contributed by atoms with Crippen molar-refractivity contribution in [3.63, 3.8) is 0 Å². The first-order valence-electron chi connectivity index (χ1n) is 37.0. The summed E-state index contributed by atoms with van der Waals surface area (Å²) >= 11 is 0. The summed E-state index contributed by atoms with van der Waals surface area (Å²) in [4.78, 5) is 72.4. The largest absolute Gasteiger partial charge is 0.472 e. The van der Waals surface area contributed by atoms with Crippen molar-refractivity contribution in [1.29, 1.82) is 0 Å². The number of phosphoric acid groups is 2. The van der Waals surface area contributed by atoms with Gasteiger partial charge < -0.3 is 33.8 Å². The van der Waals surface area contributed by atoms with Crippen LogP contribution in [0.2, 0.25) is 0 Å². The topological polar surface area (TPSA) is 237 Å². The molecule has 0 aromatic rings. The lowest BCUT2D eigenvalue weighted by molar-refractivity contribution is -0.161. The molecule has 0 aromatic heterocycles. The van der Waals surface area contributed by atoms with Crippen LogP contribution < -0.4 is 0 Å². The lowest BCUT2D eigenvalue weighted by Gasteiger charge is -2.21. The zero-order valence-corrected chi connectivity index (χ0v) is 60.2. The Morgan fingerprint density at radius 3 is 0.756 bits per heavy atom. The van der Waals surface area contributed by atoms with E-state index in [2.05, 4.69) is 41.5 Å². The summed E-state index contributed by atoms with van der Waals surface area (Å²) < 4.78 is 68.1. The molecule has 534 valence electrons. The number of hydrogen-bond donors (Lipinski definition) is 3. The van der Waals surface area contributed by atoms with E-state index in [1.165, 1.54) is 167 Å². The van der Waals surface area contributed by atoms with Gasteiger partial charge in [0, 0.05) is 25.7 Å². The predicted molar refractivity (Wildman–Crippen MR) is 363 cm³/mol. The van der Waals surface area contributed by atoms with Gasteiger partial charge in [-0.25, -0.2) is 9.13 Å². The fourth-order valence-electron chi connectivity index (χ4n) is 10.8. The van der Waals surface area contributed by atoms with Crippen LogP contribution in [0.1, 0.15) is 363 Å². The molecule has 0 saturated carbocycles. The van der Waals surface area contributed by atoms with Crippen LogP contribution in [-0.2, 0) is 65.4 Å². The fraction of sp³-hybridized carbons (Fsp3) is 0.944. The molecule has 0 aliphatic carbocycles. The van der Waals surface area contributed by atoms with E-state index in [-0.39, 0.29) is 25.7 Å². The van der Waals surface area contributed by atoms with Crippen LogP contribution in [0, 0.1) is 11.8 Å². The summed E-state index contributed by atoms with van der Waals surface area (Å²) in [5.41, 5.74) is 0. The van der Waals surface area contributed by atoms with Crippen molar-refractivity contribution < 1.29 is 80.2 Å². The number of esters is 4. The van der Waals surface area contributed by atoms with Gasteiger partial charge in [-0.2, -0.15) is 0 Å². The van der Waals surface area contributed by atoms with Crippen LogP contribution in [0.5, 0.6) is 0 Å². The Hall–Kier alpha value is -1.94. The van der Waals surface area contributed by atoms with E-state index in [0.29, 0.717) is 31.6 Å². The molecule has 2 unspecified atom stereocenters. The van der Waals surface area contributed by atoms with Crippen LogP contribution >= 0.6 is 15.6 Å². The number of phosphoric ester groups is 2. The minimum atomic E-state index is -4.95. The minimum absolute atomic E-state index is 0.102. The van der Waals surface area contributed by atoms with Crippen LogP contribution in [0.4, 0.5) is 0 Å². The molecular formula is C71H138O17P2. The minimum Gasteiger partial charge on any atom is -0.462 e. The Morgan fingerprint density at radius 1 is 0.300 bits per heavy atom. The standard InChI is InChI=1S/C71H138O17P2/c1-7-9-11-13-15-16-17-18-19-20-21-22-23-24-25-28-32-36-43-49-55-70(75)87-66(60-82-69(74)54-48-42-35-31-29-26-27-30-34-39-45-51-63(3)4)61-85-89(77,78)83-57-65(72)58-84-90(79,80)86-62-67(59-81-68(73)53-47-41-33-14-12-10-8-2)88-71(76)56-50-44-38-37-40-46-52-64(5)6/h63-67,72H,7-62H2,1-6H3,(H,77,78)(H,79,80)/t65-,66-,67-/m1/s1. The number of ether oxygens (including phenoxy) is 4. The molecule has 0 saturated heterocycles. The maximum atomic E-state index is 13.0. The first kappa shape index (κ1) is 88.1. The molecule has 0 heterocycles. The second-order valence-electron chi connectivity index (χ2n) is 26.6. The molecule has 0 rings (SSSR count).